The molecule has 1 aliphatic rings. The first-order valence-corrected chi connectivity index (χ1v) is 4.77. The molecule has 1 saturated heterocycles. The lowest BCUT2D eigenvalue weighted by Crippen LogP contribution is -2.42. The summed E-state index contributed by atoms with van der Waals surface area (Å²) in [6.07, 6.45) is 0. The number of nitrogens with one attached hydrogen (secondary N) is 2. The SMILES string of the molecule is Fc1cc([C@H]2CNCCN2)cc(F)c1F. The fraction of sp³-hybridized carbons (Fsp3) is 0.400. The average molecular weight is 216 g/mol. The third-order valence-corrected chi connectivity index (χ3v) is 2.45. The molecule has 0 aliphatic carbocycles. The van der Waals surface area contributed by atoms with Gasteiger partial charge in [-0.2, -0.15) is 0 Å². The van der Waals surface area contributed by atoms with Gasteiger partial charge in [0.15, 0.2) is 17.5 Å². The van der Waals surface area contributed by atoms with Crippen LogP contribution in [-0.2, 0) is 0 Å². The Morgan fingerprint density at radius 1 is 1.07 bits per heavy atom. The highest BCUT2D eigenvalue weighted by Gasteiger charge is 2.18. The third kappa shape index (κ3) is 2.13. The standard InChI is InChI=1S/C10H11F3N2/c11-7-3-6(4-8(12)10(7)13)9-5-14-1-2-15-9/h3-4,9,14-15H,1-2,5H2/t9-/m1/s1. The molecule has 5 heteroatoms. The van der Waals surface area contributed by atoms with Crippen molar-refractivity contribution in [1.29, 1.82) is 0 Å². The van der Waals surface area contributed by atoms with Crippen LogP contribution >= 0.6 is 0 Å². The first-order valence-electron chi connectivity index (χ1n) is 4.77. The number of rotatable bonds is 1. The van der Waals surface area contributed by atoms with Crippen molar-refractivity contribution in [2.45, 2.75) is 6.04 Å². The Balaban J connectivity index is 2.27. The van der Waals surface area contributed by atoms with E-state index in [9.17, 15) is 13.2 Å². The zero-order valence-electron chi connectivity index (χ0n) is 7.99. The minimum absolute atomic E-state index is 0.164. The van der Waals surface area contributed by atoms with Gasteiger partial charge < -0.3 is 10.6 Å². The van der Waals surface area contributed by atoms with Crippen LogP contribution in [0.3, 0.4) is 0 Å². The Morgan fingerprint density at radius 2 is 1.73 bits per heavy atom. The van der Waals surface area contributed by atoms with E-state index < -0.39 is 17.5 Å². The summed E-state index contributed by atoms with van der Waals surface area (Å²) >= 11 is 0. The fourth-order valence-corrected chi connectivity index (χ4v) is 1.67. The van der Waals surface area contributed by atoms with Crippen LogP contribution in [0.25, 0.3) is 0 Å². The van der Waals surface area contributed by atoms with Gasteiger partial charge in [-0.15, -0.1) is 0 Å². The van der Waals surface area contributed by atoms with Gasteiger partial charge in [-0.3, -0.25) is 0 Å². The van der Waals surface area contributed by atoms with Crippen molar-refractivity contribution in [3.63, 3.8) is 0 Å². The molecular weight excluding hydrogens is 205 g/mol. The Kier molecular flexibility index (Phi) is 2.93. The van der Waals surface area contributed by atoms with Gasteiger partial charge in [0, 0.05) is 25.7 Å². The molecule has 1 heterocycles. The molecule has 2 rings (SSSR count). The van der Waals surface area contributed by atoms with Crippen LogP contribution in [0.4, 0.5) is 13.2 Å². The monoisotopic (exact) mass is 216 g/mol. The zero-order valence-corrected chi connectivity index (χ0v) is 7.99. The molecule has 0 aromatic heterocycles. The Morgan fingerprint density at radius 3 is 2.27 bits per heavy atom. The summed E-state index contributed by atoms with van der Waals surface area (Å²) in [6.45, 7) is 2.14. The van der Waals surface area contributed by atoms with Crippen LogP contribution in [0.1, 0.15) is 11.6 Å². The predicted molar refractivity (Wildman–Crippen MR) is 49.9 cm³/mol. The molecule has 0 saturated carbocycles. The van der Waals surface area contributed by atoms with Crippen molar-refractivity contribution in [3.8, 4) is 0 Å². The summed E-state index contributed by atoms with van der Waals surface area (Å²) in [5.74, 6) is -3.70. The number of piperazine rings is 1. The molecule has 1 fully saturated rings. The van der Waals surface area contributed by atoms with E-state index in [-0.39, 0.29) is 6.04 Å². The van der Waals surface area contributed by atoms with Crippen LogP contribution in [-0.4, -0.2) is 19.6 Å². The number of benzene rings is 1. The Bertz CT molecular complexity index is 339. The second-order valence-electron chi connectivity index (χ2n) is 3.51. The molecule has 0 bridgehead atoms. The zero-order chi connectivity index (χ0) is 10.8. The van der Waals surface area contributed by atoms with Gasteiger partial charge in [0.2, 0.25) is 0 Å². The summed E-state index contributed by atoms with van der Waals surface area (Å²) in [5, 5.41) is 6.18. The maximum absolute atomic E-state index is 12.9. The lowest BCUT2D eigenvalue weighted by molar-refractivity contribution is 0.413. The maximum Gasteiger partial charge on any atom is 0.194 e. The molecule has 2 nitrogen and oxygen atoms in total. The topological polar surface area (TPSA) is 24.1 Å². The second kappa shape index (κ2) is 4.20. The van der Waals surface area contributed by atoms with Crippen molar-refractivity contribution in [2.75, 3.05) is 19.6 Å². The van der Waals surface area contributed by atoms with Crippen LogP contribution < -0.4 is 10.6 Å². The number of hydrogen-bond donors (Lipinski definition) is 2. The van der Waals surface area contributed by atoms with Crippen molar-refractivity contribution in [2.24, 2.45) is 0 Å². The first-order chi connectivity index (χ1) is 7.18. The van der Waals surface area contributed by atoms with Crippen molar-refractivity contribution in [3.05, 3.63) is 35.1 Å². The molecule has 1 atom stereocenters. The van der Waals surface area contributed by atoms with Crippen LogP contribution in [0.15, 0.2) is 12.1 Å². The van der Waals surface area contributed by atoms with E-state index in [1.807, 2.05) is 0 Å². The maximum atomic E-state index is 12.9. The molecule has 1 aromatic rings. The highest BCUT2D eigenvalue weighted by molar-refractivity contribution is 5.23. The van der Waals surface area contributed by atoms with E-state index in [1.165, 1.54) is 0 Å². The molecule has 15 heavy (non-hydrogen) atoms. The Labute approximate surface area is 85.5 Å². The van der Waals surface area contributed by atoms with Gasteiger partial charge in [-0.05, 0) is 17.7 Å². The first kappa shape index (κ1) is 10.4. The third-order valence-electron chi connectivity index (χ3n) is 2.45. The lowest BCUT2D eigenvalue weighted by atomic mass is 10.0. The van der Waals surface area contributed by atoms with Crippen LogP contribution in [0.5, 0.6) is 0 Å². The number of halogens is 3. The molecule has 2 N–H and O–H groups in total. The van der Waals surface area contributed by atoms with Gasteiger partial charge in [-0.1, -0.05) is 0 Å². The Hall–Kier alpha value is -1.07. The van der Waals surface area contributed by atoms with Crippen molar-refractivity contribution < 1.29 is 13.2 Å². The van der Waals surface area contributed by atoms with Crippen molar-refractivity contribution in [1.82, 2.24) is 10.6 Å². The van der Waals surface area contributed by atoms with E-state index in [4.69, 9.17) is 0 Å². The molecule has 0 amide bonds. The molecule has 82 valence electrons. The van der Waals surface area contributed by atoms with Crippen molar-refractivity contribution >= 4 is 0 Å². The molecule has 0 spiro atoms. The van der Waals surface area contributed by atoms with Gasteiger partial charge in [0.25, 0.3) is 0 Å². The lowest BCUT2D eigenvalue weighted by Gasteiger charge is -2.24. The van der Waals surface area contributed by atoms with Crippen LogP contribution in [0, 0.1) is 17.5 Å². The smallest absolute Gasteiger partial charge is 0.194 e. The number of hydrogen-bond acceptors (Lipinski definition) is 2. The minimum atomic E-state index is -1.41. The van der Waals surface area contributed by atoms with Gasteiger partial charge in [0.05, 0.1) is 0 Å². The highest BCUT2D eigenvalue weighted by Crippen LogP contribution is 2.19. The largest absolute Gasteiger partial charge is 0.314 e. The normalized spacial score (nSPS) is 21.7. The van der Waals surface area contributed by atoms with E-state index in [0.717, 1.165) is 25.2 Å². The highest BCUT2D eigenvalue weighted by atomic mass is 19.2. The predicted octanol–water partition coefficient (Wildman–Crippen LogP) is 1.34. The molecular formula is C10H11F3N2. The quantitative estimate of drug-likeness (QED) is 0.692. The summed E-state index contributed by atoms with van der Waals surface area (Å²) < 4.78 is 38.6. The van der Waals surface area contributed by atoms with Gasteiger partial charge >= 0.3 is 0 Å². The minimum Gasteiger partial charge on any atom is -0.314 e. The van der Waals surface area contributed by atoms with E-state index in [0.29, 0.717) is 12.1 Å². The van der Waals surface area contributed by atoms with Gasteiger partial charge in [-0.25, -0.2) is 13.2 Å². The van der Waals surface area contributed by atoms with Gasteiger partial charge in [0.1, 0.15) is 0 Å². The van der Waals surface area contributed by atoms with E-state index in [1.54, 1.807) is 0 Å². The fourth-order valence-electron chi connectivity index (χ4n) is 1.67. The van der Waals surface area contributed by atoms with Crippen LogP contribution in [0.2, 0.25) is 0 Å². The summed E-state index contributed by atoms with van der Waals surface area (Å²) in [4.78, 5) is 0. The van der Waals surface area contributed by atoms with E-state index in [2.05, 4.69) is 10.6 Å². The molecule has 1 aliphatic heterocycles. The molecule has 1 aromatic carbocycles. The molecule has 0 radical (unpaired) electrons. The second-order valence-corrected chi connectivity index (χ2v) is 3.51. The summed E-state index contributed by atoms with van der Waals surface area (Å²) in [7, 11) is 0. The molecule has 0 unspecified atom stereocenters. The van der Waals surface area contributed by atoms with E-state index >= 15 is 0 Å². The average Bonchev–Trinajstić information content (AvgIpc) is 2.26. The summed E-state index contributed by atoms with van der Waals surface area (Å²) in [5.41, 5.74) is 0.429. The summed E-state index contributed by atoms with van der Waals surface area (Å²) in [6, 6.07) is 1.90.